The molecule has 3 aliphatic carbocycles. The summed E-state index contributed by atoms with van der Waals surface area (Å²) in [5, 5.41) is 0. The van der Waals surface area contributed by atoms with Crippen LogP contribution in [0.2, 0.25) is 0 Å². The van der Waals surface area contributed by atoms with E-state index in [9.17, 15) is 13.2 Å². The summed E-state index contributed by atoms with van der Waals surface area (Å²) in [6.45, 7) is 15.7. The van der Waals surface area contributed by atoms with Crippen LogP contribution >= 0.6 is 0 Å². The Hall–Kier alpha value is -1.96. The SMILES string of the molecule is C=C[C@@]1(C)CC=C2[C@@H](CC[C@@H]3[C@](C)(COC(=O)CN4CCN(S(=O)(=O)c5ccc(C)cc5)CC4)CCC[C@@]23C)C1. The van der Waals surface area contributed by atoms with E-state index in [1.807, 2.05) is 24.0 Å². The highest BCUT2D eigenvalue weighted by Crippen LogP contribution is 2.63. The van der Waals surface area contributed by atoms with Crippen LogP contribution in [0.25, 0.3) is 0 Å². The van der Waals surface area contributed by atoms with E-state index in [0.717, 1.165) is 18.4 Å². The summed E-state index contributed by atoms with van der Waals surface area (Å²) in [5.41, 5.74) is 3.07. The summed E-state index contributed by atoms with van der Waals surface area (Å²) in [6, 6.07) is 6.98. The van der Waals surface area contributed by atoms with Gasteiger partial charge in [0.2, 0.25) is 10.0 Å². The molecule has 40 heavy (non-hydrogen) atoms. The number of benzene rings is 1. The summed E-state index contributed by atoms with van der Waals surface area (Å²) < 4.78 is 33.6. The fourth-order valence-corrected chi connectivity index (χ4v) is 9.80. The van der Waals surface area contributed by atoms with Crippen LogP contribution in [0.1, 0.15) is 71.3 Å². The van der Waals surface area contributed by atoms with Crippen molar-refractivity contribution in [2.75, 3.05) is 39.3 Å². The number of allylic oxidation sites excluding steroid dienone is 3. The van der Waals surface area contributed by atoms with Gasteiger partial charge < -0.3 is 4.74 Å². The largest absolute Gasteiger partial charge is 0.464 e. The first-order valence-electron chi connectivity index (χ1n) is 15.2. The molecule has 0 bridgehead atoms. The Morgan fingerprint density at radius 1 is 1.07 bits per heavy atom. The van der Waals surface area contributed by atoms with Gasteiger partial charge in [-0.2, -0.15) is 4.31 Å². The first-order chi connectivity index (χ1) is 18.9. The van der Waals surface area contributed by atoms with Crippen LogP contribution < -0.4 is 0 Å². The first-order valence-corrected chi connectivity index (χ1v) is 16.6. The number of esters is 1. The molecular weight excluding hydrogens is 520 g/mol. The maximum absolute atomic E-state index is 13.0. The average Bonchev–Trinajstić information content (AvgIpc) is 2.92. The molecule has 0 amide bonds. The number of hydrogen-bond donors (Lipinski definition) is 0. The lowest BCUT2D eigenvalue weighted by atomic mass is 9.46. The maximum Gasteiger partial charge on any atom is 0.320 e. The van der Waals surface area contributed by atoms with E-state index in [1.165, 1.54) is 36.4 Å². The lowest BCUT2D eigenvalue weighted by Gasteiger charge is -2.59. The number of nitrogens with zero attached hydrogens (tertiary/aromatic N) is 2. The molecule has 4 aliphatic rings. The van der Waals surface area contributed by atoms with Crippen molar-refractivity contribution < 1.29 is 17.9 Å². The lowest BCUT2D eigenvalue weighted by molar-refractivity contribution is -0.154. The van der Waals surface area contributed by atoms with Crippen LogP contribution in [0.5, 0.6) is 0 Å². The molecule has 5 atom stereocenters. The van der Waals surface area contributed by atoms with Crippen LogP contribution in [0.15, 0.2) is 53.5 Å². The summed E-state index contributed by atoms with van der Waals surface area (Å²) >= 11 is 0. The molecule has 1 aromatic carbocycles. The van der Waals surface area contributed by atoms with Crippen molar-refractivity contribution in [3.63, 3.8) is 0 Å². The number of sulfonamides is 1. The third kappa shape index (κ3) is 5.58. The molecule has 0 N–H and O–H groups in total. The zero-order valence-corrected chi connectivity index (χ0v) is 25.8. The quantitative estimate of drug-likeness (QED) is 0.299. The van der Waals surface area contributed by atoms with Gasteiger partial charge in [-0.1, -0.05) is 62.6 Å². The average molecular weight is 569 g/mol. The van der Waals surface area contributed by atoms with Crippen LogP contribution in [-0.4, -0.2) is 62.9 Å². The summed E-state index contributed by atoms with van der Waals surface area (Å²) in [4.78, 5) is 15.3. The minimum Gasteiger partial charge on any atom is -0.464 e. The van der Waals surface area contributed by atoms with Crippen molar-refractivity contribution in [3.8, 4) is 0 Å². The zero-order chi connectivity index (χ0) is 28.8. The Morgan fingerprint density at radius 2 is 1.77 bits per heavy atom. The van der Waals surface area contributed by atoms with Gasteiger partial charge in [-0.05, 0) is 80.2 Å². The predicted octanol–water partition coefficient (Wildman–Crippen LogP) is 5.98. The topological polar surface area (TPSA) is 66.9 Å². The van der Waals surface area contributed by atoms with E-state index < -0.39 is 10.0 Å². The molecule has 2 saturated carbocycles. The highest BCUT2D eigenvalue weighted by Gasteiger charge is 2.55. The highest BCUT2D eigenvalue weighted by molar-refractivity contribution is 7.89. The summed E-state index contributed by atoms with van der Waals surface area (Å²) in [7, 11) is -3.52. The Balaban J connectivity index is 1.16. The van der Waals surface area contributed by atoms with E-state index >= 15 is 0 Å². The molecule has 0 spiro atoms. The second kappa shape index (κ2) is 11.0. The van der Waals surface area contributed by atoms with Crippen LogP contribution in [0, 0.1) is 35.0 Å². The van der Waals surface area contributed by atoms with Crippen LogP contribution in [0.4, 0.5) is 0 Å². The van der Waals surface area contributed by atoms with Crippen molar-refractivity contribution in [1.29, 1.82) is 0 Å². The molecule has 1 saturated heterocycles. The molecule has 3 fully saturated rings. The minimum atomic E-state index is -3.52. The van der Waals surface area contributed by atoms with Crippen molar-refractivity contribution in [3.05, 3.63) is 54.1 Å². The molecular formula is C33H48N2O4S. The molecule has 5 rings (SSSR count). The first kappa shape index (κ1) is 29.5. The van der Waals surface area contributed by atoms with Gasteiger partial charge in [0.15, 0.2) is 0 Å². The number of rotatable bonds is 7. The molecule has 1 heterocycles. The number of aryl methyl sites for hydroxylation is 1. The monoisotopic (exact) mass is 568 g/mol. The van der Waals surface area contributed by atoms with Crippen molar-refractivity contribution in [1.82, 2.24) is 9.21 Å². The van der Waals surface area contributed by atoms with Crippen molar-refractivity contribution in [2.45, 2.75) is 77.5 Å². The van der Waals surface area contributed by atoms with E-state index in [0.29, 0.717) is 49.5 Å². The Bertz CT molecular complexity index is 1250. The number of ether oxygens (including phenoxy) is 1. The summed E-state index contributed by atoms with van der Waals surface area (Å²) in [5.74, 6) is 0.972. The number of carbonyl (C=O) groups is 1. The lowest BCUT2D eigenvalue weighted by Crippen LogP contribution is -2.52. The molecule has 0 unspecified atom stereocenters. The van der Waals surface area contributed by atoms with Gasteiger partial charge in [-0.3, -0.25) is 9.69 Å². The van der Waals surface area contributed by atoms with Crippen molar-refractivity contribution >= 4 is 16.0 Å². The number of hydrogen-bond acceptors (Lipinski definition) is 5. The van der Waals surface area contributed by atoms with Gasteiger partial charge in [-0.25, -0.2) is 8.42 Å². The Morgan fingerprint density at radius 3 is 2.45 bits per heavy atom. The van der Waals surface area contributed by atoms with Gasteiger partial charge in [0.25, 0.3) is 0 Å². The van der Waals surface area contributed by atoms with Gasteiger partial charge in [0.1, 0.15) is 0 Å². The van der Waals surface area contributed by atoms with E-state index in [-0.39, 0.29) is 28.8 Å². The highest BCUT2D eigenvalue weighted by atomic mass is 32.2. The van der Waals surface area contributed by atoms with Gasteiger partial charge >= 0.3 is 5.97 Å². The number of fused-ring (bicyclic) bond motifs is 3. The molecule has 7 heteroatoms. The number of carbonyl (C=O) groups excluding carboxylic acids is 1. The molecule has 1 aliphatic heterocycles. The normalized spacial score (nSPS) is 35.2. The fourth-order valence-electron chi connectivity index (χ4n) is 8.38. The maximum atomic E-state index is 13.0. The summed E-state index contributed by atoms with van der Waals surface area (Å²) in [6.07, 6.45) is 12.9. The zero-order valence-electron chi connectivity index (χ0n) is 25.0. The van der Waals surface area contributed by atoms with E-state index in [1.54, 1.807) is 17.7 Å². The van der Waals surface area contributed by atoms with E-state index in [2.05, 4.69) is 39.5 Å². The Labute approximate surface area is 241 Å². The van der Waals surface area contributed by atoms with Crippen LogP contribution in [0.3, 0.4) is 0 Å². The third-order valence-electron chi connectivity index (χ3n) is 10.9. The molecule has 220 valence electrons. The molecule has 0 radical (unpaired) electrons. The van der Waals surface area contributed by atoms with E-state index in [4.69, 9.17) is 4.74 Å². The third-order valence-corrected chi connectivity index (χ3v) is 12.8. The predicted molar refractivity (Wildman–Crippen MR) is 159 cm³/mol. The Kier molecular flexibility index (Phi) is 8.14. The van der Waals surface area contributed by atoms with Gasteiger partial charge in [0.05, 0.1) is 18.0 Å². The molecule has 0 aromatic heterocycles. The van der Waals surface area contributed by atoms with Crippen molar-refractivity contribution in [2.24, 2.45) is 28.1 Å². The smallest absolute Gasteiger partial charge is 0.320 e. The van der Waals surface area contributed by atoms with Gasteiger partial charge in [-0.15, -0.1) is 6.58 Å². The number of piperazine rings is 1. The van der Waals surface area contributed by atoms with Crippen LogP contribution in [-0.2, 0) is 19.6 Å². The van der Waals surface area contributed by atoms with Gasteiger partial charge in [0, 0.05) is 31.6 Å². The second-order valence-electron chi connectivity index (χ2n) is 13.8. The molecule has 1 aromatic rings. The standard InChI is InChI=1S/C33H48N2O4S/c1-6-31(3)17-14-28-26(22-31)10-13-29-32(4,15-7-16-33(28,29)5)24-39-30(36)23-34-18-20-35(21-19-34)40(37,38)27-11-8-25(2)9-12-27/h6,8-9,11-12,14,26,29H,1,7,10,13,15-24H2,2-5H3/t26-,29+,31-,32-,33-/m0/s1. The second-order valence-corrected chi connectivity index (χ2v) is 15.8. The fraction of sp³-hybridized carbons (Fsp3) is 0.667. The minimum absolute atomic E-state index is 0.0194. The molecule has 6 nitrogen and oxygen atoms in total.